The predicted molar refractivity (Wildman–Crippen MR) is 162 cm³/mol. The van der Waals surface area contributed by atoms with E-state index in [1.54, 1.807) is 0 Å². The molecule has 1 N–H and O–H groups in total. The molecule has 51 heavy (non-hydrogen) atoms. The molecule has 1 amide bonds. The lowest BCUT2D eigenvalue weighted by atomic mass is 9.86. The molecule has 2 heterocycles. The van der Waals surface area contributed by atoms with Gasteiger partial charge in [-0.05, 0) is 5.56 Å². The summed E-state index contributed by atoms with van der Waals surface area (Å²) in [5.41, 5.74) is 1.10. The monoisotopic (exact) mass is 724 g/mol. The number of amides is 1. The van der Waals surface area contributed by atoms with Crippen molar-refractivity contribution in [3.63, 3.8) is 0 Å². The topological polar surface area (TPSA) is 236 Å². The molecule has 0 radical (unpaired) electrons. The number of carbonyl (C=O) groups excluding carboxylic acids is 7. The number of methoxy groups -OCH3 is 1. The van der Waals surface area contributed by atoms with Crippen LogP contribution in [0, 0.1) is 0 Å². The van der Waals surface area contributed by atoms with Crippen LogP contribution in [0.25, 0.3) is 0 Å². The van der Waals surface area contributed by atoms with Crippen molar-refractivity contribution < 1.29 is 75.8 Å². The number of halogens is 1. The Kier molecular flexibility index (Phi) is 13.9. The third-order valence-electron chi connectivity index (χ3n) is 6.91. The Morgan fingerprint density at radius 2 is 1.59 bits per heavy atom. The summed E-state index contributed by atoms with van der Waals surface area (Å²) in [6.45, 7) is 3.59. The van der Waals surface area contributed by atoms with Crippen LogP contribution in [0.4, 0.5) is 9.18 Å². The van der Waals surface area contributed by atoms with Crippen molar-refractivity contribution in [1.29, 1.82) is 0 Å². The summed E-state index contributed by atoms with van der Waals surface area (Å²) < 4.78 is 59.5. The second-order valence-electron chi connectivity index (χ2n) is 11.0. The van der Waals surface area contributed by atoms with Gasteiger partial charge in [-0.2, -0.15) is 0 Å². The van der Waals surface area contributed by atoms with Crippen molar-refractivity contribution in [2.45, 2.75) is 90.2 Å². The van der Waals surface area contributed by atoms with Crippen LogP contribution in [0.15, 0.2) is 36.5 Å². The van der Waals surface area contributed by atoms with Crippen LogP contribution in [-0.2, 0) is 79.8 Å². The van der Waals surface area contributed by atoms with E-state index in [1.165, 1.54) is 10.9 Å². The number of aromatic nitrogens is 3. The molecule has 1 aliphatic rings. The van der Waals surface area contributed by atoms with E-state index in [2.05, 4.69) is 20.4 Å². The molecule has 278 valence electrons. The van der Waals surface area contributed by atoms with Crippen molar-refractivity contribution in [2.24, 2.45) is 0 Å². The summed E-state index contributed by atoms with van der Waals surface area (Å²) in [6, 6.07) is 7.28. The fraction of sp³-hybridized carbons (Fsp3) is 0.516. The number of ether oxygens (including phenoxy) is 8. The minimum absolute atomic E-state index is 0.186. The maximum atomic E-state index is 16.6. The lowest BCUT2D eigenvalue weighted by molar-refractivity contribution is -0.326. The Morgan fingerprint density at radius 1 is 0.922 bits per heavy atom. The molecule has 1 saturated heterocycles. The number of hydrogen-bond donors (Lipinski definition) is 1. The van der Waals surface area contributed by atoms with Crippen LogP contribution >= 0.6 is 0 Å². The first-order valence-corrected chi connectivity index (χ1v) is 15.2. The number of hydrogen-bond acceptors (Lipinski definition) is 17. The van der Waals surface area contributed by atoms with Gasteiger partial charge in [0.15, 0.2) is 18.3 Å². The summed E-state index contributed by atoms with van der Waals surface area (Å²) in [7, 11) is 0.795. The van der Waals surface area contributed by atoms with Gasteiger partial charge in [0.25, 0.3) is 0 Å². The molecule has 0 saturated carbocycles. The second-order valence-corrected chi connectivity index (χ2v) is 11.0. The summed E-state index contributed by atoms with van der Waals surface area (Å²) >= 11 is 0. The lowest BCUT2D eigenvalue weighted by Crippen LogP contribution is -2.74. The van der Waals surface area contributed by atoms with E-state index in [1.807, 2.05) is 30.3 Å². The SMILES string of the molecule is COC(=O)C1(OC(C)=O)O[C@@H]([C@H](OC(C)=O)[C@@H](COC(C)=O)OC(C)=O)[C@H](NC(=O)OCc2cn(Cc3ccccc3)nn2)[C@@H](OC(C)=O)[C@H]1F. The molecule has 1 aromatic carbocycles. The van der Waals surface area contributed by atoms with Crippen LogP contribution in [0.5, 0.6) is 0 Å². The van der Waals surface area contributed by atoms with Crippen LogP contribution in [0.2, 0.25) is 0 Å². The van der Waals surface area contributed by atoms with E-state index >= 15 is 4.39 Å². The Labute approximate surface area is 289 Å². The van der Waals surface area contributed by atoms with Gasteiger partial charge in [-0.25, -0.2) is 18.7 Å². The number of rotatable bonds is 14. The molecule has 0 spiro atoms. The van der Waals surface area contributed by atoms with Gasteiger partial charge in [-0.3, -0.25) is 24.0 Å². The summed E-state index contributed by atoms with van der Waals surface area (Å²) in [6.07, 6.45) is -10.9. The van der Waals surface area contributed by atoms with E-state index < -0.39 is 97.5 Å². The molecule has 3 rings (SSSR count). The number of carbonyl (C=O) groups is 7. The summed E-state index contributed by atoms with van der Waals surface area (Å²) in [5.74, 6) is -10.4. The van der Waals surface area contributed by atoms with Gasteiger partial charge in [-0.15, -0.1) is 5.10 Å². The lowest BCUT2D eigenvalue weighted by Gasteiger charge is -2.49. The van der Waals surface area contributed by atoms with Gasteiger partial charge in [0, 0.05) is 34.6 Å². The molecule has 1 aromatic heterocycles. The quantitative estimate of drug-likeness (QED) is 0.206. The third kappa shape index (κ3) is 10.9. The van der Waals surface area contributed by atoms with Gasteiger partial charge >= 0.3 is 47.7 Å². The number of nitrogens with one attached hydrogen (secondary N) is 1. The van der Waals surface area contributed by atoms with E-state index in [0.717, 1.165) is 47.3 Å². The standard InChI is InChI=1S/C31H37FN4O15/c1-16(37)45-15-23(47-17(2)38)25(48-18(3)39)26-24(27(49-19(4)40)28(32)31(51-26,29(42)44-6)50-20(5)41)33-30(43)46-14-22-13-36(35-34-22)12-21-10-8-7-9-11-21/h7-11,13,23-28H,12,14-15H2,1-6H3,(H,33,43)/t23-,24+,25-,26-,27-,28-,31?/m1/s1. The minimum atomic E-state index is -3.36. The van der Waals surface area contributed by atoms with E-state index in [-0.39, 0.29) is 5.69 Å². The molecular weight excluding hydrogens is 687 g/mol. The van der Waals surface area contributed by atoms with Crippen LogP contribution in [-0.4, -0.2) is 113 Å². The zero-order chi connectivity index (χ0) is 37.9. The summed E-state index contributed by atoms with van der Waals surface area (Å²) in [4.78, 5) is 87.1. The maximum absolute atomic E-state index is 16.6. The largest absolute Gasteiger partial charge is 0.464 e. The zero-order valence-corrected chi connectivity index (χ0v) is 28.4. The molecule has 1 aliphatic heterocycles. The molecule has 7 atom stereocenters. The maximum Gasteiger partial charge on any atom is 0.407 e. The Morgan fingerprint density at radius 3 is 2.16 bits per heavy atom. The van der Waals surface area contributed by atoms with Crippen molar-refractivity contribution >= 4 is 41.9 Å². The highest BCUT2D eigenvalue weighted by Crippen LogP contribution is 2.39. The highest BCUT2D eigenvalue weighted by molar-refractivity contribution is 5.83. The van der Waals surface area contributed by atoms with Gasteiger partial charge in [-0.1, -0.05) is 35.5 Å². The molecule has 20 heteroatoms. The number of alkyl carbamates (subject to hydrolysis) is 1. The molecule has 1 unspecified atom stereocenters. The molecule has 0 bridgehead atoms. The average Bonchev–Trinajstić information content (AvgIpc) is 3.50. The molecule has 19 nitrogen and oxygen atoms in total. The molecule has 0 aliphatic carbocycles. The van der Waals surface area contributed by atoms with Crippen molar-refractivity contribution in [3.05, 3.63) is 47.8 Å². The number of benzene rings is 1. The zero-order valence-electron chi connectivity index (χ0n) is 28.4. The van der Waals surface area contributed by atoms with Gasteiger partial charge in [0.2, 0.25) is 6.17 Å². The van der Waals surface area contributed by atoms with Crippen LogP contribution in [0.1, 0.15) is 45.9 Å². The van der Waals surface area contributed by atoms with Gasteiger partial charge in [0.1, 0.15) is 31.1 Å². The summed E-state index contributed by atoms with van der Waals surface area (Å²) in [5, 5.41) is 10.2. The Hall–Kier alpha value is -5.66. The average molecular weight is 725 g/mol. The minimum Gasteiger partial charge on any atom is -0.464 e. The fourth-order valence-corrected chi connectivity index (χ4v) is 5.05. The first-order chi connectivity index (χ1) is 24.1. The highest BCUT2D eigenvalue weighted by Gasteiger charge is 2.67. The molecular formula is C31H37FN4O15. The fourth-order valence-electron chi connectivity index (χ4n) is 5.05. The van der Waals surface area contributed by atoms with E-state index in [0.29, 0.717) is 6.54 Å². The van der Waals surface area contributed by atoms with Gasteiger partial charge in [0.05, 0.1) is 19.9 Å². The number of nitrogens with zero attached hydrogens (tertiary/aromatic N) is 3. The smallest absolute Gasteiger partial charge is 0.407 e. The second kappa shape index (κ2) is 17.8. The molecule has 2 aromatic rings. The number of alkyl halides is 1. The first kappa shape index (κ1) is 39.8. The van der Waals surface area contributed by atoms with Crippen LogP contribution in [0.3, 0.4) is 0 Å². The predicted octanol–water partition coefficient (Wildman–Crippen LogP) is 0.449. The first-order valence-electron chi connectivity index (χ1n) is 15.2. The normalized spacial score (nSPS) is 22.3. The van der Waals surface area contributed by atoms with Crippen molar-refractivity contribution in [3.8, 4) is 0 Å². The van der Waals surface area contributed by atoms with E-state index in [4.69, 9.17) is 33.2 Å². The van der Waals surface area contributed by atoms with Crippen LogP contribution < -0.4 is 5.32 Å². The van der Waals surface area contributed by atoms with Gasteiger partial charge < -0.3 is 43.2 Å². The van der Waals surface area contributed by atoms with E-state index in [9.17, 15) is 33.6 Å². The Balaban J connectivity index is 2.06. The highest BCUT2D eigenvalue weighted by atomic mass is 19.1. The van der Waals surface area contributed by atoms with Crippen molar-refractivity contribution in [2.75, 3.05) is 13.7 Å². The number of esters is 6. The van der Waals surface area contributed by atoms with Crippen molar-refractivity contribution in [1.82, 2.24) is 20.3 Å². The third-order valence-corrected chi connectivity index (χ3v) is 6.91. The Bertz CT molecular complexity index is 1590. The molecule has 1 fully saturated rings.